The number of carbonyl (C=O) groups excluding carboxylic acids is 1. The van der Waals surface area contributed by atoms with E-state index >= 15 is 0 Å². The molecule has 1 aliphatic rings. The second-order valence-electron chi connectivity index (χ2n) is 9.63. The minimum absolute atomic E-state index is 0.0633. The molecular weight excluding hydrogens is 276 g/mol. The van der Waals surface area contributed by atoms with Gasteiger partial charge in [0.05, 0.1) is 27.6 Å². The monoisotopic (exact) mass is 313 g/mol. The van der Waals surface area contributed by atoms with Gasteiger partial charge in [-0.1, -0.05) is 20.8 Å². The lowest BCUT2D eigenvalue weighted by Gasteiger charge is -2.50. The van der Waals surface area contributed by atoms with E-state index in [1.807, 2.05) is 33.1 Å². The number of hydrogen-bond acceptors (Lipinski definition) is 2. The zero-order valence-electron chi connectivity index (χ0n) is 15.9. The van der Waals surface area contributed by atoms with Crippen LogP contribution in [0.15, 0.2) is 0 Å². The summed E-state index contributed by atoms with van der Waals surface area (Å²) < 4.78 is 0.666. The van der Waals surface area contributed by atoms with Crippen LogP contribution in [-0.4, -0.2) is 66.8 Å². The van der Waals surface area contributed by atoms with Crippen LogP contribution in [0.2, 0.25) is 0 Å². The largest absolute Gasteiger partial charge is 0.387 e. The van der Waals surface area contributed by atoms with Gasteiger partial charge in [0.2, 0.25) is 5.91 Å². The lowest BCUT2D eigenvalue weighted by molar-refractivity contribution is -0.873. The third-order valence-electron chi connectivity index (χ3n) is 4.90. The molecule has 1 aliphatic carbocycles. The fourth-order valence-corrected chi connectivity index (χ4v) is 4.53. The summed E-state index contributed by atoms with van der Waals surface area (Å²) >= 11 is 0. The van der Waals surface area contributed by atoms with Gasteiger partial charge in [0.15, 0.2) is 0 Å². The predicted molar refractivity (Wildman–Crippen MR) is 91.5 cm³/mol. The van der Waals surface area contributed by atoms with Gasteiger partial charge in [-0.3, -0.25) is 4.79 Å². The van der Waals surface area contributed by atoms with Crippen LogP contribution in [0.4, 0.5) is 0 Å². The highest BCUT2D eigenvalue weighted by Gasteiger charge is 2.43. The molecule has 1 fully saturated rings. The SMILES string of the molecule is CC1CC(C)(C)CC(C)(N(C)C(=O)C[C@@H](O)C[N+](C)(C)C)C1. The Bertz CT molecular complexity index is 400. The Morgan fingerprint density at radius 3 is 2.27 bits per heavy atom. The number of aliphatic hydroxyl groups excluding tert-OH is 1. The van der Waals surface area contributed by atoms with Crippen LogP contribution in [0.3, 0.4) is 0 Å². The number of likely N-dealkylation sites (N-methyl/N-ethyl adjacent to an activating group) is 1. The summed E-state index contributed by atoms with van der Waals surface area (Å²) in [6.45, 7) is 9.67. The van der Waals surface area contributed by atoms with E-state index < -0.39 is 6.10 Å². The first-order valence-electron chi connectivity index (χ1n) is 8.49. The van der Waals surface area contributed by atoms with Crippen molar-refractivity contribution < 1.29 is 14.4 Å². The number of rotatable bonds is 5. The van der Waals surface area contributed by atoms with Crippen molar-refractivity contribution in [1.29, 1.82) is 0 Å². The molecule has 0 aliphatic heterocycles. The van der Waals surface area contributed by atoms with Crippen molar-refractivity contribution in [2.45, 2.75) is 65.0 Å². The molecular formula is C18H37N2O2+. The van der Waals surface area contributed by atoms with E-state index in [-0.39, 0.29) is 23.3 Å². The summed E-state index contributed by atoms with van der Waals surface area (Å²) in [7, 11) is 8.01. The fraction of sp³-hybridized carbons (Fsp3) is 0.944. The standard InChI is InChI=1S/C18H37N2O2/c1-14-10-17(2,3)13-18(4,11-14)19(5)16(22)9-15(21)12-20(6,7)8/h14-15,21H,9-13H2,1-8H3/q+1/t14?,15-,18?/m1/s1. The Labute approximate surface area is 137 Å². The molecule has 1 N–H and O–H groups in total. The third-order valence-corrected chi connectivity index (χ3v) is 4.90. The highest BCUT2D eigenvalue weighted by Crippen LogP contribution is 2.46. The summed E-state index contributed by atoms with van der Waals surface area (Å²) in [4.78, 5) is 14.5. The van der Waals surface area contributed by atoms with Gasteiger partial charge in [-0.2, -0.15) is 0 Å². The first-order valence-corrected chi connectivity index (χ1v) is 8.49. The van der Waals surface area contributed by atoms with Crippen molar-refractivity contribution in [3.05, 3.63) is 0 Å². The maximum absolute atomic E-state index is 12.6. The van der Waals surface area contributed by atoms with E-state index in [1.54, 1.807) is 0 Å². The van der Waals surface area contributed by atoms with Gasteiger partial charge < -0.3 is 14.5 Å². The molecule has 0 aromatic heterocycles. The number of aliphatic hydroxyl groups is 1. The summed E-state index contributed by atoms with van der Waals surface area (Å²) in [5.74, 6) is 0.688. The van der Waals surface area contributed by atoms with E-state index in [2.05, 4.69) is 27.7 Å². The quantitative estimate of drug-likeness (QED) is 0.792. The van der Waals surface area contributed by atoms with Crippen molar-refractivity contribution in [2.75, 3.05) is 34.7 Å². The van der Waals surface area contributed by atoms with Crippen molar-refractivity contribution in [2.24, 2.45) is 11.3 Å². The Morgan fingerprint density at radius 2 is 1.82 bits per heavy atom. The average molecular weight is 314 g/mol. The Balaban J connectivity index is 2.73. The summed E-state index contributed by atoms with van der Waals surface area (Å²) in [5.41, 5.74) is 0.163. The van der Waals surface area contributed by atoms with Crippen LogP contribution >= 0.6 is 0 Å². The molecule has 0 heterocycles. The predicted octanol–water partition coefficient (Wildman–Crippen LogP) is 2.51. The van der Waals surface area contributed by atoms with Crippen molar-refractivity contribution in [3.63, 3.8) is 0 Å². The topological polar surface area (TPSA) is 40.5 Å². The van der Waals surface area contributed by atoms with E-state index in [0.717, 1.165) is 12.8 Å². The molecule has 1 amide bonds. The van der Waals surface area contributed by atoms with Crippen LogP contribution in [0.5, 0.6) is 0 Å². The van der Waals surface area contributed by atoms with Crippen LogP contribution in [0.1, 0.15) is 53.4 Å². The molecule has 0 saturated heterocycles. The van der Waals surface area contributed by atoms with Crippen molar-refractivity contribution in [3.8, 4) is 0 Å². The molecule has 4 nitrogen and oxygen atoms in total. The summed E-state index contributed by atoms with van der Waals surface area (Å²) in [6.07, 6.45) is 2.93. The minimum Gasteiger partial charge on any atom is -0.387 e. The van der Waals surface area contributed by atoms with E-state index in [9.17, 15) is 9.90 Å². The van der Waals surface area contributed by atoms with Crippen LogP contribution in [0.25, 0.3) is 0 Å². The maximum Gasteiger partial charge on any atom is 0.225 e. The van der Waals surface area contributed by atoms with Gasteiger partial charge in [-0.15, -0.1) is 0 Å². The first-order chi connectivity index (χ1) is 9.74. The van der Waals surface area contributed by atoms with E-state index in [0.29, 0.717) is 16.9 Å². The third kappa shape index (κ3) is 5.54. The minimum atomic E-state index is -0.576. The molecule has 4 heteroatoms. The number of nitrogens with zero attached hydrogens (tertiary/aromatic N) is 2. The number of hydrogen-bond donors (Lipinski definition) is 1. The van der Waals surface area contributed by atoms with E-state index in [1.165, 1.54) is 6.42 Å². The zero-order chi connectivity index (χ0) is 17.3. The molecule has 2 unspecified atom stereocenters. The molecule has 22 heavy (non-hydrogen) atoms. The van der Waals surface area contributed by atoms with Crippen LogP contribution < -0.4 is 0 Å². The van der Waals surface area contributed by atoms with Gasteiger partial charge in [-0.05, 0) is 37.5 Å². The molecule has 130 valence electrons. The molecule has 3 atom stereocenters. The summed E-state index contributed by atoms with van der Waals surface area (Å²) in [6, 6.07) is 0. The Kier molecular flexibility index (Phi) is 5.73. The zero-order valence-corrected chi connectivity index (χ0v) is 15.9. The number of carbonyl (C=O) groups is 1. The Morgan fingerprint density at radius 1 is 1.27 bits per heavy atom. The van der Waals surface area contributed by atoms with Gasteiger partial charge in [0.1, 0.15) is 12.6 Å². The van der Waals surface area contributed by atoms with Crippen molar-refractivity contribution >= 4 is 5.91 Å². The molecule has 0 radical (unpaired) electrons. The lowest BCUT2D eigenvalue weighted by atomic mass is 9.64. The van der Waals surface area contributed by atoms with Crippen LogP contribution in [0, 0.1) is 11.3 Å². The Hall–Kier alpha value is -0.610. The molecule has 1 saturated carbocycles. The second kappa shape index (κ2) is 6.48. The normalized spacial score (nSPS) is 30.0. The smallest absolute Gasteiger partial charge is 0.225 e. The molecule has 0 bridgehead atoms. The van der Waals surface area contributed by atoms with E-state index in [4.69, 9.17) is 0 Å². The van der Waals surface area contributed by atoms with Crippen molar-refractivity contribution in [1.82, 2.24) is 4.90 Å². The maximum atomic E-state index is 12.6. The fourth-order valence-electron chi connectivity index (χ4n) is 4.53. The second-order valence-corrected chi connectivity index (χ2v) is 9.63. The lowest BCUT2D eigenvalue weighted by Crippen LogP contribution is -2.54. The number of quaternary nitrogens is 1. The molecule has 0 spiro atoms. The highest BCUT2D eigenvalue weighted by atomic mass is 16.3. The van der Waals surface area contributed by atoms with Gasteiger partial charge >= 0.3 is 0 Å². The molecule has 1 rings (SSSR count). The van der Waals surface area contributed by atoms with Gasteiger partial charge in [0.25, 0.3) is 0 Å². The summed E-state index contributed by atoms with van der Waals surface area (Å²) in [5, 5.41) is 10.2. The van der Waals surface area contributed by atoms with Gasteiger partial charge in [-0.25, -0.2) is 0 Å². The average Bonchev–Trinajstić information content (AvgIpc) is 2.21. The first kappa shape index (κ1) is 19.4. The van der Waals surface area contributed by atoms with Gasteiger partial charge in [0, 0.05) is 12.6 Å². The highest BCUT2D eigenvalue weighted by molar-refractivity contribution is 5.77. The number of amides is 1. The van der Waals surface area contributed by atoms with Crippen LogP contribution in [-0.2, 0) is 4.79 Å². The molecule has 0 aromatic rings. The molecule has 0 aromatic carbocycles.